The predicted octanol–water partition coefficient (Wildman–Crippen LogP) is 4.42. The van der Waals surface area contributed by atoms with Gasteiger partial charge >= 0.3 is 0 Å². The second-order valence-corrected chi connectivity index (χ2v) is 9.43. The summed E-state index contributed by atoms with van der Waals surface area (Å²) in [5.74, 6) is -2.33. The molecular weight excluding hydrogens is 386 g/mol. The van der Waals surface area contributed by atoms with Gasteiger partial charge in [-0.3, -0.25) is 4.79 Å². The molecule has 0 aromatic heterocycles. The van der Waals surface area contributed by atoms with Gasteiger partial charge in [0.1, 0.15) is 22.4 Å². The molecule has 0 fully saturated rings. The topological polar surface area (TPSA) is 67.4 Å². The van der Waals surface area contributed by atoms with Gasteiger partial charge in [0.15, 0.2) is 11.6 Å². The number of hydrogen-bond acceptors (Lipinski definition) is 3. The van der Waals surface area contributed by atoms with E-state index in [0.717, 1.165) is 24.5 Å². The maximum absolute atomic E-state index is 14.4. The lowest BCUT2D eigenvalue weighted by Gasteiger charge is -2.22. The van der Waals surface area contributed by atoms with Gasteiger partial charge in [-0.05, 0) is 57.4 Å². The van der Waals surface area contributed by atoms with Gasteiger partial charge in [0, 0.05) is 0 Å². The van der Waals surface area contributed by atoms with Gasteiger partial charge in [-0.2, -0.15) is 0 Å². The van der Waals surface area contributed by atoms with Crippen LogP contribution in [0.3, 0.4) is 0 Å². The van der Waals surface area contributed by atoms with Crippen LogP contribution in [0.1, 0.15) is 43.1 Å². The summed E-state index contributed by atoms with van der Waals surface area (Å²) in [5.41, 5.74) is 0.878. The Morgan fingerprint density at radius 3 is 2.64 bits per heavy atom. The van der Waals surface area contributed by atoms with E-state index in [1.165, 1.54) is 6.07 Å². The van der Waals surface area contributed by atoms with E-state index >= 15 is 0 Å². The Morgan fingerprint density at radius 1 is 1.18 bits per heavy atom. The third-order valence-corrected chi connectivity index (χ3v) is 5.77. The monoisotopic (exact) mass is 408 g/mol. The molecular formula is C20H22F2N2O3S. The highest BCUT2D eigenvalue weighted by atomic mass is 32.2. The Kier molecular flexibility index (Phi) is 5.69. The number of ether oxygens (including phenoxy) is 1. The molecule has 3 rings (SSSR count). The van der Waals surface area contributed by atoms with Crippen molar-refractivity contribution in [2.75, 3.05) is 16.6 Å². The van der Waals surface area contributed by atoms with E-state index in [2.05, 4.69) is 10.0 Å². The quantitative estimate of drug-likeness (QED) is 0.787. The SMILES string of the molecule is CC(C)(C)S(=O)Nc1c(NC(=O)c2cccc3c2OCCC3)ccc(F)c1F. The number of para-hydroxylation sites is 1. The van der Waals surface area contributed by atoms with Crippen molar-refractivity contribution in [3.63, 3.8) is 0 Å². The van der Waals surface area contributed by atoms with Crippen LogP contribution in [0.25, 0.3) is 0 Å². The van der Waals surface area contributed by atoms with Crippen molar-refractivity contribution in [1.82, 2.24) is 0 Å². The van der Waals surface area contributed by atoms with Crippen LogP contribution in [-0.4, -0.2) is 21.5 Å². The average Bonchev–Trinajstić information content (AvgIpc) is 2.66. The lowest BCUT2D eigenvalue weighted by molar-refractivity contribution is 0.102. The van der Waals surface area contributed by atoms with Gasteiger partial charge < -0.3 is 14.8 Å². The van der Waals surface area contributed by atoms with Crippen molar-refractivity contribution >= 4 is 28.3 Å². The highest BCUT2D eigenvalue weighted by Crippen LogP contribution is 2.32. The molecule has 0 spiro atoms. The number of benzene rings is 2. The molecule has 0 saturated carbocycles. The molecule has 150 valence electrons. The van der Waals surface area contributed by atoms with Crippen molar-refractivity contribution in [2.24, 2.45) is 0 Å². The van der Waals surface area contributed by atoms with E-state index < -0.39 is 33.3 Å². The smallest absolute Gasteiger partial charge is 0.259 e. The highest BCUT2D eigenvalue weighted by molar-refractivity contribution is 7.87. The van der Waals surface area contributed by atoms with E-state index in [1.54, 1.807) is 32.9 Å². The van der Waals surface area contributed by atoms with Crippen LogP contribution in [0.2, 0.25) is 0 Å². The summed E-state index contributed by atoms with van der Waals surface area (Å²) in [7, 11) is -1.71. The van der Waals surface area contributed by atoms with Gasteiger partial charge in [0.2, 0.25) is 0 Å². The fourth-order valence-corrected chi connectivity index (χ4v) is 3.45. The second kappa shape index (κ2) is 7.87. The highest BCUT2D eigenvalue weighted by Gasteiger charge is 2.25. The van der Waals surface area contributed by atoms with Crippen LogP contribution in [-0.2, 0) is 17.4 Å². The molecule has 1 unspecified atom stereocenters. The summed E-state index contributed by atoms with van der Waals surface area (Å²) in [5, 5.41) is 2.58. The first-order valence-corrected chi connectivity index (χ1v) is 10.1. The Balaban J connectivity index is 1.94. The minimum absolute atomic E-state index is 0.00471. The minimum atomic E-state index is -1.71. The first-order valence-electron chi connectivity index (χ1n) is 8.91. The number of hydrogen-bond donors (Lipinski definition) is 2. The molecule has 1 amide bonds. The van der Waals surface area contributed by atoms with Gasteiger partial charge in [-0.25, -0.2) is 13.0 Å². The zero-order valence-electron chi connectivity index (χ0n) is 15.9. The zero-order valence-corrected chi connectivity index (χ0v) is 16.7. The lowest BCUT2D eigenvalue weighted by Crippen LogP contribution is -2.28. The predicted molar refractivity (Wildman–Crippen MR) is 106 cm³/mol. The number of nitrogens with one attached hydrogen (secondary N) is 2. The fourth-order valence-electron chi connectivity index (χ4n) is 2.76. The molecule has 8 heteroatoms. The van der Waals surface area contributed by atoms with Crippen molar-refractivity contribution in [3.05, 3.63) is 53.1 Å². The number of fused-ring (bicyclic) bond motifs is 1. The van der Waals surface area contributed by atoms with Gasteiger partial charge in [-0.1, -0.05) is 12.1 Å². The van der Waals surface area contributed by atoms with Crippen LogP contribution >= 0.6 is 0 Å². The molecule has 1 heterocycles. The number of halogens is 2. The number of carbonyl (C=O) groups is 1. The fraction of sp³-hybridized carbons (Fsp3) is 0.350. The lowest BCUT2D eigenvalue weighted by atomic mass is 10.0. The number of amides is 1. The van der Waals surface area contributed by atoms with Crippen molar-refractivity contribution < 1.29 is 22.5 Å². The van der Waals surface area contributed by atoms with E-state index in [-0.39, 0.29) is 11.4 Å². The Labute approximate surface area is 165 Å². The number of aryl methyl sites for hydroxylation is 1. The number of carbonyl (C=O) groups excluding carboxylic acids is 1. The van der Waals surface area contributed by atoms with Gasteiger partial charge in [0.25, 0.3) is 5.91 Å². The molecule has 1 atom stereocenters. The first kappa shape index (κ1) is 20.3. The summed E-state index contributed by atoms with van der Waals surface area (Å²) in [6, 6.07) is 7.39. The molecule has 5 nitrogen and oxygen atoms in total. The molecule has 0 aliphatic carbocycles. The van der Waals surface area contributed by atoms with Crippen LogP contribution < -0.4 is 14.8 Å². The second-order valence-electron chi connectivity index (χ2n) is 7.47. The molecule has 1 aliphatic rings. The first-order chi connectivity index (χ1) is 13.2. The molecule has 2 aromatic rings. The maximum Gasteiger partial charge on any atom is 0.259 e. The standard InChI is InChI=1S/C20H22F2N2O3S/c1-20(2,3)28(26)24-17-15(10-9-14(21)16(17)22)23-19(25)13-8-4-6-12-7-5-11-27-18(12)13/h4,6,8-10,24H,5,7,11H2,1-3H3,(H,23,25). The van der Waals surface area contributed by atoms with E-state index in [9.17, 15) is 17.8 Å². The third-order valence-electron chi connectivity index (χ3n) is 4.27. The van der Waals surface area contributed by atoms with E-state index in [4.69, 9.17) is 4.74 Å². The average molecular weight is 408 g/mol. The number of anilines is 2. The summed E-state index contributed by atoms with van der Waals surface area (Å²) in [6.07, 6.45) is 1.67. The Bertz CT molecular complexity index is 942. The summed E-state index contributed by atoms with van der Waals surface area (Å²) in [4.78, 5) is 12.8. The van der Waals surface area contributed by atoms with Gasteiger partial charge in [-0.15, -0.1) is 0 Å². The van der Waals surface area contributed by atoms with Gasteiger partial charge in [0.05, 0.1) is 22.6 Å². The largest absolute Gasteiger partial charge is 0.492 e. The molecule has 1 aliphatic heterocycles. The van der Waals surface area contributed by atoms with E-state index in [0.29, 0.717) is 17.9 Å². The summed E-state index contributed by atoms with van der Waals surface area (Å²) >= 11 is 0. The molecule has 0 radical (unpaired) electrons. The van der Waals surface area contributed by atoms with Crippen LogP contribution in [0, 0.1) is 11.6 Å². The van der Waals surface area contributed by atoms with Crippen molar-refractivity contribution in [3.8, 4) is 5.75 Å². The molecule has 0 bridgehead atoms. The van der Waals surface area contributed by atoms with Crippen LogP contribution in [0.4, 0.5) is 20.2 Å². The van der Waals surface area contributed by atoms with E-state index in [1.807, 2.05) is 6.07 Å². The van der Waals surface area contributed by atoms with Crippen molar-refractivity contribution in [1.29, 1.82) is 0 Å². The molecule has 28 heavy (non-hydrogen) atoms. The molecule has 0 saturated heterocycles. The minimum Gasteiger partial charge on any atom is -0.492 e. The maximum atomic E-state index is 14.4. The summed E-state index contributed by atoms with van der Waals surface area (Å²) in [6.45, 7) is 5.59. The normalized spacial score (nSPS) is 14.6. The summed E-state index contributed by atoms with van der Waals surface area (Å²) < 4.78 is 47.9. The Morgan fingerprint density at radius 2 is 1.93 bits per heavy atom. The van der Waals surface area contributed by atoms with Crippen LogP contribution in [0.5, 0.6) is 5.75 Å². The van der Waals surface area contributed by atoms with Crippen molar-refractivity contribution in [2.45, 2.75) is 38.4 Å². The third kappa shape index (κ3) is 4.16. The number of rotatable bonds is 4. The zero-order chi connectivity index (χ0) is 20.5. The van der Waals surface area contributed by atoms with Crippen LogP contribution in [0.15, 0.2) is 30.3 Å². The molecule has 2 aromatic carbocycles. The molecule has 2 N–H and O–H groups in total. The Hall–Kier alpha value is -2.48.